The van der Waals surface area contributed by atoms with E-state index >= 15 is 0 Å². The van der Waals surface area contributed by atoms with E-state index in [0.29, 0.717) is 29.9 Å². The van der Waals surface area contributed by atoms with Crippen molar-refractivity contribution in [3.63, 3.8) is 0 Å². The molecular weight excluding hydrogens is 438 g/mol. The van der Waals surface area contributed by atoms with Crippen LogP contribution in [0.1, 0.15) is 35.0 Å². The van der Waals surface area contributed by atoms with E-state index in [0.717, 1.165) is 5.56 Å². The Labute approximate surface area is 196 Å². The topological polar surface area (TPSA) is 114 Å². The molecule has 34 heavy (non-hydrogen) atoms. The maximum atomic E-state index is 13.2. The first-order valence-electron chi connectivity index (χ1n) is 10.9. The highest BCUT2D eigenvalue weighted by atomic mass is 16.5. The van der Waals surface area contributed by atoms with Crippen LogP contribution in [-0.2, 0) is 14.3 Å². The van der Waals surface area contributed by atoms with Gasteiger partial charge in [-0.2, -0.15) is 0 Å². The van der Waals surface area contributed by atoms with E-state index in [1.54, 1.807) is 26.2 Å². The van der Waals surface area contributed by atoms with Gasteiger partial charge in [0.1, 0.15) is 11.3 Å². The molecule has 1 saturated heterocycles. The lowest BCUT2D eigenvalue weighted by Gasteiger charge is -2.25. The van der Waals surface area contributed by atoms with Crippen molar-refractivity contribution in [3.05, 3.63) is 64.6 Å². The zero-order valence-corrected chi connectivity index (χ0v) is 19.5. The summed E-state index contributed by atoms with van der Waals surface area (Å²) >= 11 is 0. The highest BCUT2D eigenvalue weighted by Gasteiger charge is 2.46. The predicted octanol–water partition coefficient (Wildman–Crippen LogP) is 3.12. The standard InChI is InChI=1S/C25H27N3O6/c1-14-7-5-10-27-15(2)20(26-24(14)27)22(30)19-21(16-8-9-17(29)18(13-16)34-4)28(11-6-12-33-3)25(32)23(19)31/h5,7-10,13,21,29-30H,6,11-12H2,1-4H3. The number of hydrogen-bond acceptors (Lipinski definition) is 7. The second-order valence-electron chi connectivity index (χ2n) is 8.20. The third kappa shape index (κ3) is 3.77. The third-order valence-corrected chi connectivity index (χ3v) is 6.12. The number of Topliss-reactive ketones (excluding diaryl/α,β-unsaturated/α-hetero) is 1. The van der Waals surface area contributed by atoms with Crippen LogP contribution < -0.4 is 4.74 Å². The smallest absolute Gasteiger partial charge is 0.295 e. The number of pyridine rings is 1. The Morgan fingerprint density at radius 1 is 1.18 bits per heavy atom. The number of aromatic hydroxyl groups is 1. The van der Waals surface area contributed by atoms with Crippen molar-refractivity contribution in [2.24, 2.45) is 0 Å². The first-order chi connectivity index (χ1) is 16.3. The van der Waals surface area contributed by atoms with Gasteiger partial charge in [0, 0.05) is 26.5 Å². The summed E-state index contributed by atoms with van der Waals surface area (Å²) in [5.41, 5.74) is 2.90. The van der Waals surface area contributed by atoms with Gasteiger partial charge in [-0.25, -0.2) is 4.98 Å². The van der Waals surface area contributed by atoms with Crippen molar-refractivity contribution in [1.29, 1.82) is 0 Å². The number of phenolic OH excluding ortho intramolecular Hbond substituents is 1. The predicted molar refractivity (Wildman–Crippen MR) is 125 cm³/mol. The molecule has 178 valence electrons. The van der Waals surface area contributed by atoms with Crippen LogP contribution >= 0.6 is 0 Å². The number of likely N-dealkylation sites (tertiary alicyclic amines) is 1. The number of aryl methyl sites for hydroxylation is 2. The van der Waals surface area contributed by atoms with Gasteiger partial charge >= 0.3 is 0 Å². The highest BCUT2D eigenvalue weighted by Crippen LogP contribution is 2.42. The minimum atomic E-state index is -0.878. The number of ketones is 1. The molecule has 4 rings (SSSR count). The van der Waals surface area contributed by atoms with Crippen molar-refractivity contribution < 1.29 is 29.3 Å². The molecule has 9 heteroatoms. The fraction of sp³-hybridized carbons (Fsp3) is 0.320. The van der Waals surface area contributed by atoms with Gasteiger partial charge < -0.3 is 29.0 Å². The monoisotopic (exact) mass is 465 g/mol. The second-order valence-corrected chi connectivity index (χ2v) is 8.20. The van der Waals surface area contributed by atoms with E-state index in [1.165, 1.54) is 18.1 Å². The summed E-state index contributed by atoms with van der Waals surface area (Å²) in [6.07, 6.45) is 2.33. The molecule has 1 atom stereocenters. The summed E-state index contributed by atoms with van der Waals surface area (Å²) < 4.78 is 12.2. The minimum Gasteiger partial charge on any atom is -0.505 e. The Bertz CT molecular complexity index is 1310. The number of methoxy groups -OCH3 is 2. The second kappa shape index (κ2) is 9.18. The zero-order chi connectivity index (χ0) is 24.6. The first kappa shape index (κ1) is 23.3. The number of aliphatic hydroxyl groups is 1. The molecule has 1 amide bonds. The average Bonchev–Trinajstić information content (AvgIpc) is 3.29. The molecule has 1 aliphatic heterocycles. The maximum Gasteiger partial charge on any atom is 0.295 e. The molecular formula is C25H27N3O6. The number of phenols is 1. The van der Waals surface area contributed by atoms with Gasteiger partial charge in [0.05, 0.1) is 24.4 Å². The van der Waals surface area contributed by atoms with Crippen LogP contribution in [0.2, 0.25) is 0 Å². The number of amides is 1. The molecule has 3 aromatic rings. The van der Waals surface area contributed by atoms with Gasteiger partial charge in [0.15, 0.2) is 17.3 Å². The zero-order valence-electron chi connectivity index (χ0n) is 19.5. The van der Waals surface area contributed by atoms with Gasteiger partial charge in [0.2, 0.25) is 0 Å². The highest BCUT2D eigenvalue weighted by molar-refractivity contribution is 6.46. The summed E-state index contributed by atoms with van der Waals surface area (Å²) in [7, 11) is 2.97. The van der Waals surface area contributed by atoms with E-state index in [9.17, 15) is 19.8 Å². The molecule has 3 heterocycles. The number of imidazole rings is 1. The molecule has 1 aliphatic rings. The van der Waals surface area contributed by atoms with E-state index in [2.05, 4.69) is 4.98 Å². The normalized spacial score (nSPS) is 17.6. The number of carbonyl (C=O) groups excluding carboxylic acids is 2. The lowest BCUT2D eigenvalue weighted by Crippen LogP contribution is -2.31. The van der Waals surface area contributed by atoms with Crippen LogP contribution in [0.4, 0.5) is 0 Å². The molecule has 1 fully saturated rings. The Kier molecular flexibility index (Phi) is 6.30. The molecule has 0 saturated carbocycles. The first-order valence-corrected chi connectivity index (χ1v) is 10.9. The van der Waals surface area contributed by atoms with E-state index in [1.807, 2.05) is 29.7 Å². The Balaban J connectivity index is 1.92. The number of benzene rings is 1. The van der Waals surface area contributed by atoms with Crippen molar-refractivity contribution in [1.82, 2.24) is 14.3 Å². The van der Waals surface area contributed by atoms with Gasteiger partial charge in [-0.3, -0.25) is 9.59 Å². The fourth-order valence-electron chi connectivity index (χ4n) is 4.37. The number of carbonyl (C=O) groups is 2. The van der Waals surface area contributed by atoms with Crippen LogP contribution in [0.5, 0.6) is 11.5 Å². The lowest BCUT2D eigenvalue weighted by atomic mass is 9.96. The van der Waals surface area contributed by atoms with Crippen LogP contribution in [0, 0.1) is 13.8 Å². The summed E-state index contributed by atoms with van der Waals surface area (Å²) in [6.45, 7) is 4.34. The van der Waals surface area contributed by atoms with Crippen molar-refractivity contribution in [2.75, 3.05) is 27.4 Å². The summed E-state index contributed by atoms with van der Waals surface area (Å²) in [4.78, 5) is 32.2. The Morgan fingerprint density at radius 3 is 2.62 bits per heavy atom. The summed E-state index contributed by atoms with van der Waals surface area (Å²) in [6, 6.07) is 7.50. The van der Waals surface area contributed by atoms with E-state index in [-0.39, 0.29) is 35.1 Å². The lowest BCUT2D eigenvalue weighted by molar-refractivity contribution is -0.140. The van der Waals surface area contributed by atoms with Crippen molar-refractivity contribution >= 4 is 23.1 Å². The number of aliphatic hydroxyl groups excluding tert-OH is 1. The van der Waals surface area contributed by atoms with Crippen molar-refractivity contribution in [3.8, 4) is 11.5 Å². The molecule has 1 aromatic carbocycles. The number of ether oxygens (including phenoxy) is 2. The quantitative estimate of drug-likeness (QED) is 0.239. The minimum absolute atomic E-state index is 0.0562. The fourth-order valence-corrected chi connectivity index (χ4v) is 4.37. The van der Waals surface area contributed by atoms with E-state index < -0.39 is 17.7 Å². The number of hydrogen-bond donors (Lipinski definition) is 2. The SMILES string of the molecule is COCCCN1C(=O)C(=O)C(=C(O)c2nc3c(C)cccn3c2C)C1c1ccc(O)c(OC)c1. The molecule has 0 aliphatic carbocycles. The molecule has 0 radical (unpaired) electrons. The molecule has 2 aromatic heterocycles. The van der Waals surface area contributed by atoms with Gasteiger partial charge in [-0.15, -0.1) is 0 Å². The van der Waals surface area contributed by atoms with E-state index in [4.69, 9.17) is 9.47 Å². The third-order valence-electron chi connectivity index (χ3n) is 6.12. The Hall–Kier alpha value is -3.85. The van der Waals surface area contributed by atoms with Gasteiger partial charge in [-0.1, -0.05) is 12.1 Å². The summed E-state index contributed by atoms with van der Waals surface area (Å²) in [5, 5.41) is 21.4. The number of aromatic nitrogens is 2. The summed E-state index contributed by atoms with van der Waals surface area (Å²) in [5.74, 6) is -1.73. The number of fused-ring (bicyclic) bond motifs is 1. The Morgan fingerprint density at radius 2 is 1.94 bits per heavy atom. The van der Waals surface area contributed by atoms with Gasteiger partial charge in [-0.05, 0) is 49.6 Å². The number of rotatable bonds is 7. The maximum absolute atomic E-state index is 13.2. The van der Waals surface area contributed by atoms with Crippen LogP contribution in [0.15, 0.2) is 42.1 Å². The largest absolute Gasteiger partial charge is 0.505 e. The molecule has 2 N–H and O–H groups in total. The number of nitrogens with zero attached hydrogens (tertiary/aromatic N) is 3. The van der Waals surface area contributed by atoms with Crippen LogP contribution in [0.3, 0.4) is 0 Å². The molecule has 1 unspecified atom stereocenters. The van der Waals surface area contributed by atoms with Crippen LogP contribution in [-0.4, -0.2) is 63.6 Å². The molecule has 0 spiro atoms. The van der Waals surface area contributed by atoms with Crippen LogP contribution in [0.25, 0.3) is 11.4 Å². The van der Waals surface area contributed by atoms with Crippen molar-refractivity contribution in [2.45, 2.75) is 26.3 Å². The molecule has 0 bridgehead atoms. The molecule has 9 nitrogen and oxygen atoms in total. The average molecular weight is 466 g/mol. The van der Waals surface area contributed by atoms with Gasteiger partial charge in [0.25, 0.3) is 11.7 Å².